The average Bonchev–Trinajstić information content (AvgIpc) is 2.75. The van der Waals surface area contributed by atoms with Crippen LogP contribution in [0.1, 0.15) is 48.6 Å². The molecule has 2 unspecified atom stereocenters. The van der Waals surface area contributed by atoms with E-state index in [-0.39, 0.29) is 12.3 Å². The maximum Gasteiger partial charge on any atom is 0.279 e. The first-order chi connectivity index (χ1) is 14.8. The second kappa shape index (κ2) is 9.47. The standard InChI is InChI=1S/C24H27N3O4/c1-15-8-7-11-22(16(15)2)31-17(3)24(30)26-25-23(29)14-21-20-10-6-5-9-19(20)12-13-27(21)18(4)28/h5-13,17,21H,14H2,1-4H3,(H,25,29)(H,26,30). The van der Waals surface area contributed by atoms with Gasteiger partial charge in [-0.25, -0.2) is 0 Å². The Labute approximate surface area is 182 Å². The van der Waals surface area contributed by atoms with Crippen LogP contribution >= 0.6 is 0 Å². The summed E-state index contributed by atoms with van der Waals surface area (Å²) in [5, 5.41) is 0. The van der Waals surface area contributed by atoms with Gasteiger partial charge in [0.05, 0.1) is 12.5 Å². The van der Waals surface area contributed by atoms with Crippen LogP contribution < -0.4 is 15.6 Å². The average molecular weight is 421 g/mol. The van der Waals surface area contributed by atoms with Crippen LogP contribution in [0.25, 0.3) is 6.08 Å². The molecule has 0 aromatic heterocycles. The number of fused-ring (bicyclic) bond motifs is 1. The Balaban J connectivity index is 1.60. The first-order valence-electron chi connectivity index (χ1n) is 10.2. The van der Waals surface area contributed by atoms with E-state index in [0.717, 1.165) is 22.3 Å². The number of carbonyl (C=O) groups excluding carboxylic acids is 3. The molecule has 2 N–H and O–H groups in total. The predicted octanol–water partition coefficient (Wildman–Crippen LogP) is 3.18. The first kappa shape index (κ1) is 22.1. The van der Waals surface area contributed by atoms with Crippen molar-refractivity contribution in [1.29, 1.82) is 0 Å². The lowest BCUT2D eigenvalue weighted by molar-refractivity contribution is -0.134. The highest BCUT2D eigenvalue weighted by molar-refractivity contribution is 5.86. The van der Waals surface area contributed by atoms with Crippen LogP contribution in [-0.4, -0.2) is 28.7 Å². The smallest absolute Gasteiger partial charge is 0.279 e. The van der Waals surface area contributed by atoms with E-state index in [4.69, 9.17) is 4.74 Å². The quantitative estimate of drug-likeness (QED) is 0.726. The summed E-state index contributed by atoms with van der Waals surface area (Å²) in [5.41, 5.74) is 8.70. The van der Waals surface area contributed by atoms with Gasteiger partial charge in [0.2, 0.25) is 11.8 Å². The van der Waals surface area contributed by atoms with Crippen LogP contribution in [0.2, 0.25) is 0 Å². The summed E-state index contributed by atoms with van der Waals surface area (Å²) >= 11 is 0. The van der Waals surface area contributed by atoms with E-state index in [9.17, 15) is 14.4 Å². The number of nitrogens with one attached hydrogen (secondary N) is 2. The summed E-state index contributed by atoms with van der Waals surface area (Å²) in [6.07, 6.45) is 2.74. The highest BCUT2D eigenvalue weighted by atomic mass is 16.5. The Morgan fingerprint density at radius 1 is 1.06 bits per heavy atom. The van der Waals surface area contributed by atoms with Crippen LogP contribution in [0.5, 0.6) is 5.75 Å². The Kier molecular flexibility index (Phi) is 6.74. The van der Waals surface area contributed by atoms with E-state index >= 15 is 0 Å². The van der Waals surface area contributed by atoms with Crippen molar-refractivity contribution in [3.8, 4) is 5.75 Å². The molecule has 3 rings (SSSR count). The topological polar surface area (TPSA) is 87.7 Å². The molecule has 2 aromatic rings. The highest BCUT2D eigenvalue weighted by Gasteiger charge is 2.28. The minimum absolute atomic E-state index is 0.00738. The number of amides is 3. The molecular formula is C24H27N3O4. The Morgan fingerprint density at radius 3 is 2.55 bits per heavy atom. The number of hydrogen-bond acceptors (Lipinski definition) is 4. The zero-order valence-corrected chi connectivity index (χ0v) is 18.1. The van der Waals surface area contributed by atoms with Crippen molar-refractivity contribution >= 4 is 23.8 Å². The van der Waals surface area contributed by atoms with Crippen LogP contribution in [0.4, 0.5) is 0 Å². The van der Waals surface area contributed by atoms with Gasteiger partial charge in [0, 0.05) is 13.1 Å². The van der Waals surface area contributed by atoms with Gasteiger partial charge in [-0.15, -0.1) is 0 Å². The number of carbonyl (C=O) groups is 3. The molecule has 0 radical (unpaired) electrons. The molecule has 1 heterocycles. The Hall–Kier alpha value is -3.61. The van der Waals surface area contributed by atoms with Crippen molar-refractivity contribution < 1.29 is 19.1 Å². The molecule has 2 aromatic carbocycles. The second-order valence-corrected chi connectivity index (χ2v) is 7.59. The molecule has 2 atom stereocenters. The third-order valence-corrected chi connectivity index (χ3v) is 5.40. The molecule has 7 heteroatoms. The van der Waals surface area contributed by atoms with E-state index in [1.165, 1.54) is 11.8 Å². The van der Waals surface area contributed by atoms with E-state index in [0.29, 0.717) is 5.75 Å². The summed E-state index contributed by atoms with van der Waals surface area (Å²) in [6, 6.07) is 12.8. The number of ether oxygens (including phenoxy) is 1. The molecule has 0 saturated carbocycles. The van der Waals surface area contributed by atoms with Gasteiger partial charge in [0.1, 0.15) is 5.75 Å². The monoisotopic (exact) mass is 421 g/mol. The lowest BCUT2D eigenvalue weighted by Crippen LogP contribution is -2.48. The van der Waals surface area contributed by atoms with Crippen molar-refractivity contribution in [3.05, 3.63) is 70.9 Å². The minimum Gasteiger partial charge on any atom is -0.481 e. The van der Waals surface area contributed by atoms with Crippen LogP contribution in [0.3, 0.4) is 0 Å². The lowest BCUT2D eigenvalue weighted by Gasteiger charge is -2.32. The van der Waals surface area contributed by atoms with Crippen molar-refractivity contribution in [3.63, 3.8) is 0 Å². The van der Waals surface area contributed by atoms with Gasteiger partial charge in [0.15, 0.2) is 6.10 Å². The zero-order valence-electron chi connectivity index (χ0n) is 18.1. The van der Waals surface area contributed by atoms with Crippen molar-refractivity contribution in [2.24, 2.45) is 0 Å². The first-order valence-corrected chi connectivity index (χ1v) is 10.2. The fraction of sp³-hybridized carbons (Fsp3) is 0.292. The molecular weight excluding hydrogens is 394 g/mol. The molecule has 0 fully saturated rings. The fourth-order valence-electron chi connectivity index (χ4n) is 3.47. The van der Waals surface area contributed by atoms with Gasteiger partial charge in [0.25, 0.3) is 5.91 Å². The predicted molar refractivity (Wildman–Crippen MR) is 118 cm³/mol. The zero-order chi connectivity index (χ0) is 22.5. The van der Waals surface area contributed by atoms with Crippen molar-refractivity contribution in [2.75, 3.05) is 0 Å². The van der Waals surface area contributed by atoms with Crippen molar-refractivity contribution in [1.82, 2.24) is 15.8 Å². The van der Waals surface area contributed by atoms with Gasteiger partial charge in [-0.1, -0.05) is 36.4 Å². The molecule has 162 valence electrons. The third-order valence-electron chi connectivity index (χ3n) is 5.40. The molecule has 3 amide bonds. The van der Waals surface area contributed by atoms with E-state index in [2.05, 4.69) is 10.9 Å². The number of hydrogen-bond donors (Lipinski definition) is 2. The molecule has 0 spiro atoms. The van der Waals surface area contributed by atoms with Gasteiger partial charge in [-0.2, -0.15) is 0 Å². The Morgan fingerprint density at radius 2 is 1.81 bits per heavy atom. The van der Waals surface area contributed by atoms with E-state index < -0.39 is 24.0 Å². The van der Waals surface area contributed by atoms with Crippen LogP contribution in [0, 0.1) is 13.8 Å². The molecule has 31 heavy (non-hydrogen) atoms. The van der Waals surface area contributed by atoms with Gasteiger partial charge >= 0.3 is 0 Å². The van der Waals surface area contributed by atoms with Gasteiger partial charge in [-0.05, 0) is 55.2 Å². The largest absolute Gasteiger partial charge is 0.481 e. The Bertz CT molecular complexity index is 1030. The number of rotatable bonds is 5. The maximum absolute atomic E-state index is 12.5. The lowest BCUT2D eigenvalue weighted by atomic mass is 9.93. The maximum atomic E-state index is 12.5. The summed E-state index contributed by atoms with van der Waals surface area (Å²) in [4.78, 5) is 38.5. The molecule has 1 aliphatic heterocycles. The summed E-state index contributed by atoms with van der Waals surface area (Å²) in [5.74, 6) is -0.421. The normalized spacial score (nSPS) is 15.6. The van der Waals surface area contributed by atoms with E-state index in [1.54, 1.807) is 19.2 Å². The second-order valence-electron chi connectivity index (χ2n) is 7.59. The number of benzene rings is 2. The van der Waals surface area contributed by atoms with Gasteiger partial charge < -0.3 is 9.64 Å². The summed E-state index contributed by atoms with van der Waals surface area (Å²) in [7, 11) is 0. The molecule has 7 nitrogen and oxygen atoms in total. The molecule has 0 saturated heterocycles. The molecule has 1 aliphatic rings. The summed E-state index contributed by atoms with van der Waals surface area (Å²) < 4.78 is 5.74. The highest BCUT2D eigenvalue weighted by Crippen LogP contribution is 2.32. The van der Waals surface area contributed by atoms with Crippen LogP contribution in [0.15, 0.2) is 48.7 Å². The molecule has 0 aliphatic carbocycles. The van der Waals surface area contributed by atoms with E-state index in [1.807, 2.05) is 56.3 Å². The number of aryl methyl sites for hydroxylation is 1. The number of nitrogens with zero attached hydrogens (tertiary/aromatic N) is 1. The SMILES string of the molecule is CC(=O)N1C=Cc2ccccc2C1CC(=O)NNC(=O)C(C)Oc1cccc(C)c1C. The number of hydrazine groups is 1. The third kappa shape index (κ3) is 5.12. The summed E-state index contributed by atoms with van der Waals surface area (Å²) in [6.45, 7) is 6.96. The van der Waals surface area contributed by atoms with Crippen LogP contribution in [-0.2, 0) is 14.4 Å². The van der Waals surface area contributed by atoms with Crippen molar-refractivity contribution in [2.45, 2.75) is 46.3 Å². The minimum atomic E-state index is -0.798. The molecule has 0 bridgehead atoms. The fourth-order valence-corrected chi connectivity index (χ4v) is 3.47. The van der Waals surface area contributed by atoms with Gasteiger partial charge in [-0.3, -0.25) is 25.2 Å².